The van der Waals surface area contributed by atoms with Gasteiger partial charge in [0.05, 0.1) is 29.4 Å². The number of aryl methyl sites for hydroxylation is 1. The molecular formula is C18H23N5O3S. The first-order chi connectivity index (χ1) is 12.9. The topological polar surface area (TPSA) is 88.4 Å². The fraction of sp³-hybridized carbons (Fsp3) is 0.500. The Bertz CT molecular complexity index is 927. The van der Waals surface area contributed by atoms with E-state index in [1.807, 2.05) is 31.3 Å². The van der Waals surface area contributed by atoms with Crippen molar-refractivity contribution in [3.8, 4) is 0 Å². The van der Waals surface area contributed by atoms with Crippen molar-refractivity contribution in [2.24, 2.45) is 0 Å². The van der Waals surface area contributed by atoms with E-state index in [0.717, 1.165) is 11.3 Å². The molecule has 2 aromatic rings. The average molecular weight is 389 g/mol. The highest BCUT2D eigenvalue weighted by atomic mass is 32.2. The fourth-order valence-corrected chi connectivity index (χ4v) is 6.03. The van der Waals surface area contributed by atoms with E-state index >= 15 is 0 Å². The summed E-state index contributed by atoms with van der Waals surface area (Å²) in [6.07, 6.45) is 5.27. The van der Waals surface area contributed by atoms with E-state index in [9.17, 15) is 13.2 Å². The molecule has 0 bridgehead atoms. The van der Waals surface area contributed by atoms with Crippen molar-refractivity contribution in [2.45, 2.75) is 32.1 Å². The molecule has 9 heteroatoms. The molecular weight excluding hydrogens is 366 g/mol. The summed E-state index contributed by atoms with van der Waals surface area (Å²) in [7, 11) is -3.17. The number of piperazine rings is 1. The SMILES string of the molecule is Cc1cnn(CC(=O)N2CCN(Cc3ccccn3)[C@@H]3CS(=O)(=O)C[C@@H]32)c1. The summed E-state index contributed by atoms with van der Waals surface area (Å²) in [5, 5.41) is 4.17. The van der Waals surface area contributed by atoms with Crippen molar-refractivity contribution in [1.82, 2.24) is 24.6 Å². The van der Waals surface area contributed by atoms with Crippen molar-refractivity contribution in [1.29, 1.82) is 0 Å². The van der Waals surface area contributed by atoms with E-state index in [-0.39, 0.29) is 36.0 Å². The van der Waals surface area contributed by atoms with Gasteiger partial charge in [0.1, 0.15) is 6.54 Å². The van der Waals surface area contributed by atoms with Gasteiger partial charge in [-0.05, 0) is 24.6 Å². The maximum absolute atomic E-state index is 12.8. The smallest absolute Gasteiger partial charge is 0.244 e. The summed E-state index contributed by atoms with van der Waals surface area (Å²) >= 11 is 0. The van der Waals surface area contributed by atoms with Gasteiger partial charge in [0.2, 0.25) is 5.91 Å². The highest BCUT2D eigenvalue weighted by Gasteiger charge is 2.47. The molecule has 2 saturated heterocycles. The fourth-order valence-electron chi connectivity index (χ4n) is 4.01. The molecule has 8 nitrogen and oxygen atoms in total. The first-order valence-corrected chi connectivity index (χ1v) is 10.9. The number of fused-ring (bicyclic) bond motifs is 1. The van der Waals surface area contributed by atoms with Crippen LogP contribution in [-0.4, -0.2) is 75.6 Å². The van der Waals surface area contributed by atoms with Crippen LogP contribution in [0.4, 0.5) is 0 Å². The molecule has 0 N–H and O–H groups in total. The van der Waals surface area contributed by atoms with E-state index in [1.165, 1.54) is 0 Å². The van der Waals surface area contributed by atoms with Gasteiger partial charge in [0.15, 0.2) is 9.84 Å². The minimum Gasteiger partial charge on any atom is -0.334 e. The van der Waals surface area contributed by atoms with Gasteiger partial charge in [-0.1, -0.05) is 6.07 Å². The molecule has 2 atom stereocenters. The van der Waals surface area contributed by atoms with Crippen molar-refractivity contribution in [3.05, 3.63) is 48.0 Å². The number of hydrogen-bond donors (Lipinski definition) is 0. The van der Waals surface area contributed by atoms with Gasteiger partial charge in [0.25, 0.3) is 0 Å². The number of nitrogens with zero attached hydrogens (tertiary/aromatic N) is 5. The normalized spacial score (nSPS) is 24.7. The zero-order chi connectivity index (χ0) is 19.0. The number of sulfone groups is 1. The first kappa shape index (κ1) is 18.1. The van der Waals surface area contributed by atoms with Crippen LogP contribution in [0.5, 0.6) is 0 Å². The number of amides is 1. The molecule has 27 heavy (non-hydrogen) atoms. The number of carbonyl (C=O) groups excluding carboxylic acids is 1. The molecule has 0 unspecified atom stereocenters. The number of carbonyl (C=O) groups is 1. The van der Waals surface area contributed by atoms with Crippen LogP contribution >= 0.6 is 0 Å². The second kappa shape index (κ2) is 7.05. The zero-order valence-corrected chi connectivity index (χ0v) is 16.0. The lowest BCUT2D eigenvalue weighted by Gasteiger charge is -2.43. The average Bonchev–Trinajstić information content (AvgIpc) is 3.17. The Balaban J connectivity index is 1.52. The van der Waals surface area contributed by atoms with Crippen LogP contribution < -0.4 is 0 Å². The Kier molecular flexibility index (Phi) is 4.73. The van der Waals surface area contributed by atoms with Crippen LogP contribution in [0, 0.1) is 6.92 Å². The standard InChI is InChI=1S/C18H23N5O3S/c1-14-8-20-22(9-14)11-18(24)23-7-6-21(10-15-4-2-3-5-19-15)16-12-27(25,26)13-17(16)23/h2-5,8-9,16-17H,6-7,10-13H2,1H3/t16-,17+/m1/s1. The highest BCUT2D eigenvalue weighted by molar-refractivity contribution is 7.91. The van der Waals surface area contributed by atoms with Crippen molar-refractivity contribution in [3.63, 3.8) is 0 Å². The van der Waals surface area contributed by atoms with E-state index in [0.29, 0.717) is 19.6 Å². The van der Waals surface area contributed by atoms with Crippen LogP contribution in [0.1, 0.15) is 11.3 Å². The second-order valence-electron chi connectivity index (χ2n) is 7.31. The largest absolute Gasteiger partial charge is 0.334 e. The second-order valence-corrected chi connectivity index (χ2v) is 9.46. The lowest BCUT2D eigenvalue weighted by molar-refractivity contribution is -0.138. The van der Waals surface area contributed by atoms with Gasteiger partial charge in [-0.25, -0.2) is 8.42 Å². The summed E-state index contributed by atoms with van der Waals surface area (Å²) in [5.74, 6) is 0.0396. The molecule has 2 aliphatic heterocycles. The monoisotopic (exact) mass is 389 g/mol. The van der Waals surface area contributed by atoms with E-state index in [1.54, 1.807) is 22.0 Å². The zero-order valence-electron chi connectivity index (χ0n) is 15.2. The van der Waals surface area contributed by atoms with Crippen LogP contribution in [0.3, 0.4) is 0 Å². The van der Waals surface area contributed by atoms with Crippen molar-refractivity contribution in [2.75, 3.05) is 24.6 Å². The summed E-state index contributed by atoms with van der Waals surface area (Å²) in [6, 6.07) is 5.23. The number of rotatable bonds is 4. The maximum Gasteiger partial charge on any atom is 0.244 e. The molecule has 1 amide bonds. The van der Waals surface area contributed by atoms with Gasteiger partial charge < -0.3 is 4.90 Å². The minimum absolute atomic E-state index is 0.0280. The Morgan fingerprint density at radius 2 is 2.04 bits per heavy atom. The third-order valence-electron chi connectivity index (χ3n) is 5.26. The van der Waals surface area contributed by atoms with Crippen LogP contribution in [0.25, 0.3) is 0 Å². The number of pyridine rings is 1. The summed E-state index contributed by atoms with van der Waals surface area (Å²) < 4.78 is 26.3. The number of aromatic nitrogens is 3. The third kappa shape index (κ3) is 3.89. The van der Waals surface area contributed by atoms with Crippen molar-refractivity contribution >= 4 is 15.7 Å². The van der Waals surface area contributed by atoms with Gasteiger partial charge in [0, 0.05) is 38.1 Å². The molecule has 0 spiro atoms. The van der Waals surface area contributed by atoms with E-state index in [4.69, 9.17) is 0 Å². The maximum atomic E-state index is 12.8. The molecule has 0 aromatic carbocycles. The molecule has 0 aliphatic carbocycles. The molecule has 2 aromatic heterocycles. The van der Waals surface area contributed by atoms with Crippen LogP contribution in [0.2, 0.25) is 0 Å². The Morgan fingerprint density at radius 1 is 1.22 bits per heavy atom. The Hall–Kier alpha value is -2.26. The lowest BCUT2D eigenvalue weighted by atomic mass is 10.0. The van der Waals surface area contributed by atoms with Gasteiger partial charge >= 0.3 is 0 Å². The summed E-state index contributed by atoms with van der Waals surface area (Å²) in [6.45, 7) is 3.80. The van der Waals surface area contributed by atoms with Crippen LogP contribution in [0.15, 0.2) is 36.8 Å². The molecule has 2 fully saturated rings. The lowest BCUT2D eigenvalue weighted by Crippen LogP contribution is -2.60. The Morgan fingerprint density at radius 3 is 2.74 bits per heavy atom. The first-order valence-electron chi connectivity index (χ1n) is 9.04. The van der Waals surface area contributed by atoms with Gasteiger partial charge in [-0.15, -0.1) is 0 Å². The molecule has 0 radical (unpaired) electrons. The quantitative estimate of drug-likeness (QED) is 0.737. The predicted molar refractivity (Wildman–Crippen MR) is 99.6 cm³/mol. The third-order valence-corrected chi connectivity index (χ3v) is 6.96. The van der Waals surface area contributed by atoms with E-state index in [2.05, 4.69) is 15.0 Å². The highest BCUT2D eigenvalue weighted by Crippen LogP contribution is 2.28. The Labute approximate surface area is 158 Å². The molecule has 2 aliphatic rings. The van der Waals surface area contributed by atoms with Gasteiger partial charge in [-0.2, -0.15) is 5.10 Å². The van der Waals surface area contributed by atoms with Gasteiger partial charge in [-0.3, -0.25) is 19.4 Å². The summed E-state index contributed by atoms with van der Waals surface area (Å²) in [5.41, 5.74) is 1.90. The molecule has 144 valence electrons. The number of hydrogen-bond acceptors (Lipinski definition) is 6. The van der Waals surface area contributed by atoms with E-state index < -0.39 is 9.84 Å². The van der Waals surface area contributed by atoms with Crippen molar-refractivity contribution < 1.29 is 13.2 Å². The summed E-state index contributed by atoms with van der Waals surface area (Å²) in [4.78, 5) is 21.1. The predicted octanol–water partition coefficient (Wildman–Crippen LogP) is 0.0965. The molecule has 4 heterocycles. The molecule has 4 rings (SSSR count). The van der Waals surface area contributed by atoms with Crippen LogP contribution in [-0.2, 0) is 27.7 Å². The molecule has 0 saturated carbocycles. The minimum atomic E-state index is -3.17.